The van der Waals surface area contributed by atoms with E-state index in [-0.39, 0.29) is 24.7 Å². The van der Waals surface area contributed by atoms with Crippen molar-refractivity contribution in [1.82, 2.24) is 5.32 Å². The molecular weight excluding hydrogens is 538 g/mol. The number of carboxylic acids is 1. The van der Waals surface area contributed by atoms with Gasteiger partial charge in [0.05, 0.1) is 6.61 Å². The zero-order valence-corrected chi connectivity index (χ0v) is 28.7. The van der Waals surface area contributed by atoms with Gasteiger partial charge in [-0.05, 0) is 31.6 Å². The van der Waals surface area contributed by atoms with Crippen LogP contribution in [-0.4, -0.2) is 35.6 Å². The Morgan fingerprint density at radius 1 is 0.535 bits per heavy atom. The largest absolute Gasteiger partial charge is 0.480 e. The van der Waals surface area contributed by atoms with E-state index in [0.29, 0.717) is 18.9 Å². The third kappa shape index (κ3) is 28.9. The molecule has 1 unspecified atom stereocenters. The fourth-order valence-corrected chi connectivity index (χ4v) is 5.76. The van der Waals surface area contributed by atoms with Crippen LogP contribution in [-0.2, 0) is 19.1 Å². The average molecular weight is 610 g/mol. The number of ether oxygens (including phenoxy) is 1. The summed E-state index contributed by atoms with van der Waals surface area (Å²) in [5.41, 5.74) is 0. The first-order chi connectivity index (χ1) is 20.9. The lowest BCUT2D eigenvalue weighted by Crippen LogP contribution is -2.41. The summed E-state index contributed by atoms with van der Waals surface area (Å²) in [5.74, 6) is -1.32. The van der Waals surface area contributed by atoms with Gasteiger partial charge in [0.25, 0.3) is 0 Å². The van der Waals surface area contributed by atoms with Gasteiger partial charge in [0.1, 0.15) is 6.04 Å². The van der Waals surface area contributed by atoms with Crippen molar-refractivity contribution in [2.24, 2.45) is 5.92 Å². The van der Waals surface area contributed by atoms with Gasteiger partial charge >= 0.3 is 11.9 Å². The van der Waals surface area contributed by atoms with Crippen LogP contribution >= 0.6 is 0 Å². The number of hydrogen-bond donors (Lipinski definition) is 2. The van der Waals surface area contributed by atoms with Crippen molar-refractivity contribution in [2.75, 3.05) is 6.61 Å². The van der Waals surface area contributed by atoms with Crippen LogP contribution in [0.1, 0.15) is 201 Å². The minimum Gasteiger partial charge on any atom is -0.480 e. The first kappa shape index (κ1) is 41.4. The van der Waals surface area contributed by atoms with Crippen LogP contribution < -0.4 is 5.32 Å². The Morgan fingerprint density at radius 3 is 1.35 bits per heavy atom. The van der Waals surface area contributed by atoms with Crippen molar-refractivity contribution >= 4 is 17.8 Å². The molecule has 0 saturated heterocycles. The maximum absolute atomic E-state index is 12.5. The standard InChI is InChI=1S/C37H71NO5/c1-4-7-10-13-16-18-20-23-26-29-35(39)38-34(37(41)42)30-31-36(40)43-32-33(27-24-21-15-12-9-6-3)28-25-22-19-17-14-11-8-5-2/h33-34H,4-32H2,1-3H3,(H,38,39)(H,41,42)/t33?,34-/m0/s1. The van der Waals surface area contributed by atoms with Gasteiger partial charge in [-0.2, -0.15) is 0 Å². The van der Waals surface area contributed by atoms with E-state index in [1.54, 1.807) is 0 Å². The number of aliphatic carboxylic acids is 1. The summed E-state index contributed by atoms with van der Waals surface area (Å²) in [6.07, 6.45) is 30.9. The van der Waals surface area contributed by atoms with E-state index in [1.165, 1.54) is 128 Å². The maximum atomic E-state index is 12.5. The molecule has 2 N–H and O–H groups in total. The molecule has 43 heavy (non-hydrogen) atoms. The number of amides is 1. The molecule has 0 saturated carbocycles. The predicted molar refractivity (Wildman–Crippen MR) is 180 cm³/mol. The average Bonchev–Trinajstić information content (AvgIpc) is 2.99. The highest BCUT2D eigenvalue weighted by atomic mass is 16.5. The van der Waals surface area contributed by atoms with Crippen molar-refractivity contribution in [3.8, 4) is 0 Å². The fourth-order valence-electron chi connectivity index (χ4n) is 5.76. The zero-order chi connectivity index (χ0) is 31.8. The van der Waals surface area contributed by atoms with E-state index in [1.807, 2.05) is 0 Å². The van der Waals surface area contributed by atoms with E-state index in [4.69, 9.17) is 4.74 Å². The molecule has 0 rings (SSSR count). The quantitative estimate of drug-likeness (QED) is 0.0570. The van der Waals surface area contributed by atoms with E-state index in [0.717, 1.165) is 32.1 Å². The van der Waals surface area contributed by atoms with Gasteiger partial charge in [0.15, 0.2) is 0 Å². The van der Waals surface area contributed by atoms with Crippen molar-refractivity contribution in [3.05, 3.63) is 0 Å². The molecule has 0 aromatic heterocycles. The van der Waals surface area contributed by atoms with E-state index < -0.39 is 12.0 Å². The number of rotatable bonds is 33. The molecule has 0 radical (unpaired) electrons. The highest BCUT2D eigenvalue weighted by Crippen LogP contribution is 2.20. The molecule has 0 bridgehead atoms. The number of hydrogen-bond acceptors (Lipinski definition) is 4. The molecule has 6 heteroatoms. The minimum atomic E-state index is -1.09. The number of carboxylic acid groups (broad SMARTS) is 1. The maximum Gasteiger partial charge on any atom is 0.326 e. The lowest BCUT2D eigenvalue weighted by molar-refractivity contribution is -0.146. The Balaban J connectivity index is 4.35. The Bertz CT molecular complexity index is 653. The number of carbonyl (C=O) groups is 3. The van der Waals surface area contributed by atoms with Gasteiger partial charge < -0.3 is 15.2 Å². The third-order valence-electron chi connectivity index (χ3n) is 8.69. The normalized spacial score (nSPS) is 12.6. The van der Waals surface area contributed by atoms with Crippen LogP contribution in [0, 0.1) is 5.92 Å². The second kappa shape index (κ2) is 31.8. The predicted octanol–water partition coefficient (Wildman–Crippen LogP) is 10.7. The molecular formula is C37H71NO5. The monoisotopic (exact) mass is 610 g/mol. The molecule has 1 amide bonds. The molecule has 6 nitrogen and oxygen atoms in total. The summed E-state index contributed by atoms with van der Waals surface area (Å²) >= 11 is 0. The van der Waals surface area contributed by atoms with Crippen molar-refractivity contribution in [1.29, 1.82) is 0 Å². The molecule has 2 atom stereocenters. The Kier molecular flexibility index (Phi) is 30.6. The molecule has 0 aromatic rings. The van der Waals surface area contributed by atoms with Crippen LogP contribution in [0.5, 0.6) is 0 Å². The van der Waals surface area contributed by atoms with Crippen molar-refractivity contribution in [2.45, 2.75) is 207 Å². The van der Waals surface area contributed by atoms with Gasteiger partial charge in [-0.15, -0.1) is 0 Å². The van der Waals surface area contributed by atoms with E-state index >= 15 is 0 Å². The highest BCUT2D eigenvalue weighted by Gasteiger charge is 2.22. The fraction of sp³-hybridized carbons (Fsp3) is 0.919. The number of nitrogens with one attached hydrogen (secondary N) is 1. The lowest BCUT2D eigenvalue weighted by Gasteiger charge is -2.18. The van der Waals surface area contributed by atoms with Crippen molar-refractivity contribution in [3.63, 3.8) is 0 Å². The van der Waals surface area contributed by atoms with E-state index in [2.05, 4.69) is 26.1 Å². The van der Waals surface area contributed by atoms with Crippen LogP contribution in [0.15, 0.2) is 0 Å². The van der Waals surface area contributed by atoms with Crippen LogP contribution in [0.4, 0.5) is 0 Å². The van der Waals surface area contributed by atoms with Crippen LogP contribution in [0.3, 0.4) is 0 Å². The van der Waals surface area contributed by atoms with Gasteiger partial charge in [0, 0.05) is 12.8 Å². The lowest BCUT2D eigenvalue weighted by atomic mass is 9.94. The first-order valence-corrected chi connectivity index (χ1v) is 18.6. The van der Waals surface area contributed by atoms with Gasteiger partial charge in [-0.3, -0.25) is 9.59 Å². The van der Waals surface area contributed by atoms with E-state index in [9.17, 15) is 19.5 Å². The van der Waals surface area contributed by atoms with Crippen LogP contribution in [0.25, 0.3) is 0 Å². The molecule has 0 spiro atoms. The Hall–Kier alpha value is -1.59. The van der Waals surface area contributed by atoms with Crippen molar-refractivity contribution < 1.29 is 24.2 Å². The Labute approximate surface area is 266 Å². The third-order valence-corrected chi connectivity index (χ3v) is 8.69. The molecule has 0 heterocycles. The zero-order valence-electron chi connectivity index (χ0n) is 28.7. The van der Waals surface area contributed by atoms with Gasteiger partial charge in [-0.25, -0.2) is 4.79 Å². The second-order valence-corrected chi connectivity index (χ2v) is 12.9. The first-order valence-electron chi connectivity index (χ1n) is 18.6. The number of esters is 1. The highest BCUT2D eigenvalue weighted by molar-refractivity contribution is 5.84. The summed E-state index contributed by atoms with van der Waals surface area (Å²) < 4.78 is 5.65. The number of unbranched alkanes of at least 4 members (excludes halogenated alkanes) is 20. The van der Waals surface area contributed by atoms with Gasteiger partial charge in [0.2, 0.25) is 5.91 Å². The molecule has 254 valence electrons. The molecule has 0 aliphatic heterocycles. The molecule has 0 aliphatic carbocycles. The summed E-state index contributed by atoms with van der Waals surface area (Å²) in [6.45, 7) is 7.13. The second-order valence-electron chi connectivity index (χ2n) is 12.9. The van der Waals surface area contributed by atoms with Crippen LogP contribution in [0.2, 0.25) is 0 Å². The topological polar surface area (TPSA) is 92.7 Å². The number of carbonyl (C=O) groups excluding carboxylic acids is 2. The summed E-state index contributed by atoms with van der Waals surface area (Å²) in [4.78, 5) is 36.6. The summed E-state index contributed by atoms with van der Waals surface area (Å²) in [7, 11) is 0. The molecule has 0 aromatic carbocycles. The summed E-state index contributed by atoms with van der Waals surface area (Å²) in [6, 6.07) is -1.05. The summed E-state index contributed by atoms with van der Waals surface area (Å²) in [5, 5.41) is 12.2. The smallest absolute Gasteiger partial charge is 0.326 e. The Morgan fingerprint density at radius 2 is 0.930 bits per heavy atom. The van der Waals surface area contributed by atoms with Gasteiger partial charge in [-0.1, -0.05) is 162 Å². The SMILES string of the molecule is CCCCCCCCCCCC(=O)N[C@@H](CCC(=O)OCC(CCCCCCCC)CCCCCCCCCC)C(=O)O. The minimum absolute atomic E-state index is 0.0107. The molecule has 0 fully saturated rings. The molecule has 0 aliphatic rings.